The van der Waals surface area contributed by atoms with E-state index in [1.807, 2.05) is 6.92 Å². The van der Waals surface area contributed by atoms with Crippen LogP contribution >= 0.6 is 0 Å². The van der Waals surface area contributed by atoms with Gasteiger partial charge < -0.3 is 0 Å². The maximum atomic E-state index is 10.8. The summed E-state index contributed by atoms with van der Waals surface area (Å²) in [6.07, 6.45) is 2.03. The second kappa shape index (κ2) is 3.75. The molecule has 0 amide bonds. The van der Waals surface area contributed by atoms with E-state index >= 15 is 0 Å². The summed E-state index contributed by atoms with van der Waals surface area (Å²) in [6.45, 7) is 8.15. The van der Waals surface area contributed by atoms with E-state index in [9.17, 15) is 8.42 Å². The lowest BCUT2D eigenvalue weighted by Crippen LogP contribution is -2.34. The summed E-state index contributed by atoms with van der Waals surface area (Å²) in [6, 6.07) is 0.0139. The minimum Gasteiger partial charge on any atom is -0.213 e. The Hall–Kier alpha value is -0.0900. The Kier molecular flexibility index (Phi) is 3.72. The second-order valence-electron chi connectivity index (χ2n) is 4.56. The Bertz CT molecular complexity index is 226. The minimum absolute atomic E-state index is 0.0139. The predicted molar refractivity (Wildman–Crippen MR) is 51.5 cm³/mol. The molecule has 1 N–H and O–H groups in total. The van der Waals surface area contributed by atoms with E-state index in [1.165, 1.54) is 6.26 Å². The molecule has 0 saturated carbocycles. The van der Waals surface area contributed by atoms with Gasteiger partial charge >= 0.3 is 0 Å². The lowest BCUT2D eigenvalue weighted by Gasteiger charge is -2.23. The Balaban J connectivity index is 4.00. The molecule has 0 fully saturated rings. The zero-order chi connectivity index (χ0) is 9.99. The molecule has 0 spiro atoms. The highest BCUT2D eigenvalue weighted by atomic mass is 32.2. The van der Waals surface area contributed by atoms with Crippen molar-refractivity contribution in [2.24, 2.45) is 5.41 Å². The van der Waals surface area contributed by atoms with E-state index in [4.69, 9.17) is 0 Å². The molecule has 1 unspecified atom stereocenters. The van der Waals surface area contributed by atoms with E-state index in [0.717, 1.165) is 6.42 Å². The summed E-state index contributed by atoms with van der Waals surface area (Å²) in [4.78, 5) is 0. The molecule has 0 aliphatic carbocycles. The van der Waals surface area contributed by atoms with Crippen LogP contribution in [0.3, 0.4) is 0 Å². The van der Waals surface area contributed by atoms with Crippen LogP contribution in [0.5, 0.6) is 0 Å². The number of rotatable bonds is 3. The van der Waals surface area contributed by atoms with E-state index in [1.54, 1.807) is 0 Å². The van der Waals surface area contributed by atoms with Gasteiger partial charge in [0, 0.05) is 6.04 Å². The molecule has 0 rings (SSSR count). The Morgan fingerprint density at radius 2 is 1.75 bits per heavy atom. The normalized spacial score (nSPS) is 16.1. The first-order valence-corrected chi connectivity index (χ1v) is 5.96. The highest BCUT2D eigenvalue weighted by Crippen LogP contribution is 2.20. The molecule has 0 heterocycles. The maximum Gasteiger partial charge on any atom is 0.208 e. The van der Waals surface area contributed by atoms with Crippen LogP contribution in [0.1, 0.15) is 34.1 Å². The molecular weight excluding hydrogens is 174 g/mol. The van der Waals surface area contributed by atoms with Gasteiger partial charge in [-0.15, -0.1) is 0 Å². The summed E-state index contributed by atoms with van der Waals surface area (Å²) >= 11 is 0. The third-order valence-electron chi connectivity index (χ3n) is 1.33. The van der Waals surface area contributed by atoms with Gasteiger partial charge in [-0.25, -0.2) is 13.1 Å². The van der Waals surface area contributed by atoms with Crippen LogP contribution < -0.4 is 4.72 Å². The van der Waals surface area contributed by atoms with Gasteiger partial charge in [-0.2, -0.15) is 0 Å². The quantitative estimate of drug-likeness (QED) is 0.735. The monoisotopic (exact) mass is 193 g/mol. The van der Waals surface area contributed by atoms with Gasteiger partial charge in [-0.3, -0.25) is 0 Å². The third-order valence-corrected chi connectivity index (χ3v) is 2.16. The molecule has 0 aromatic carbocycles. The highest BCUT2D eigenvalue weighted by Gasteiger charge is 2.17. The third kappa shape index (κ3) is 8.01. The standard InChI is InChI=1S/C8H19NO2S/c1-7(6-8(2,3)4)9-12(5,10)11/h7,9H,6H2,1-5H3. The average molecular weight is 193 g/mol. The minimum atomic E-state index is -3.05. The molecule has 74 valence electrons. The lowest BCUT2D eigenvalue weighted by atomic mass is 9.89. The molecule has 3 nitrogen and oxygen atoms in total. The van der Waals surface area contributed by atoms with Crippen molar-refractivity contribution >= 4 is 10.0 Å². The Morgan fingerprint density at radius 1 is 1.33 bits per heavy atom. The van der Waals surface area contributed by atoms with Gasteiger partial charge in [0.25, 0.3) is 0 Å². The summed E-state index contributed by atoms with van der Waals surface area (Å²) in [5.41, 5.74) is 0.164. The van der Waals surface area contributed by atoms with Crippen LogP contribution in [-0.4, -0.2) is 20.7 Å². The Morgan fingerprint density at radius 3 is 2.00 bits per heavy atom. The predicted octanol–water partition coefficient (Wildman–Crippen LogP) is 1.36. The summed E-state index contributed by atoms with van der Waals surface area (Å²) in [7, 11) is -3.05. The van der Waals surface area contributed by atoms with Crippen molar-refractivity contribution in [3.8, 4) is 0 Å². The zero-order valence-electron chi connectivity index (χ0n) is 8.51. The first kappa shape index (κ1) is 11.9. The molecule has 12 heavy (non-hydrogen) atoms. The zero-order valence-corrected chi connectivity index (χ0v) is 9.33. The van der Waals surface area contributed by atoms with Gasteiger partial charge in [-0.05, 0) is 18.8 Å². The van der Waals surface area contributed by atoms with Crippen LogP contribution in [-0.2, 0) is 10.0 Å². The van der Waals surface area contributed by atoms with E-state index in [-0.39, 0.29) is 11.5 Å². The first-order chi connectivity index (χ1) is 5.10. The number of hydrogen-bond acceptors (Lipinski definition) is 2. The van der Waals surface area contributed by atoms with Crippen LogP contribution in [0.25, 0.3) is 0 Å². The molecule has 0 saturated heterocycles. The Labute approximate surface area is 75.6 Å². The van der Waals surface area contributed by atoms with E-state index < -0.39 is 10.0 Å². The second-order valence-corrected chi connectivity index (χ2v) is 6.34. The van der Waals surface area contributed by atoms with Crippen molar-refractivity contribution in [2.45, 2.75) is 40.2 Å². The summed E-state index contributed by atoms with van der Waals surface area (Å²) in [5.74, 6) is 0. The lowest BCUT2D eigenvalue weighted by molar-refractivity contribution is 0.338. The largest absolute Gasteiger partial charge is 0.213 e. The van der Waals surface area contributed by atoms with E-state index in [0.29, 0.717) is 0 Å². The van der Waals surface area contributed by atoms with Gasteiger partial charge in [0.1, 0.15) is 0 Å². The van der Waals surface area contributed by atoms with Crippen LogP contribution in [0.2, 0.25) is 0 Å². The van der Waals surface area contributed by atoms with Crippen molar-refractivity contribution < 1.29 is 8.42 Å². The molecule has 0 aliphatic rings. The molecule has 0 aromatic rings. The number of nitrogens with one attached hydrogen (secondary N) is 1. The smallest absolute Gasteiger partial charge is 0.208 e. The van der Waals surface area contributed by atoms with Crippen LogP contribution in [0.15, 0.2) is 0 Å². The fraction of sp³-hybridized carbons (Fsp3) is 1.00. The molecular formula is C8H19NO2S. The summed E-state index contributed by atoms with van der Waals surface area (Å²) in [5, 5.41) is 0. The molecule has 0 aliphatic heterocycles. The van der Waals surface area contributed by atoms with Gasteiger partial charge in [-0.1, -0.05) is 20.8 Å². The summed E-state index contributed by atoms with van der Waals surface area (Å²) < 4.78 is 24.2. The van der Waals surface area contributed by atoms with Crippen LogP contribution in [0, 0.1) is 5.41 Å². The van der Waals surface area contributed by atoms with Gasteiger partial charge in [0.05, 0.1) is 6.26 Å². The van der Waals surface area contributed by atoms with Crippen LogP contribution in [0.4, 0.5) is 0 Å². The molecule has 0 radical (unpaired) electrons. The van der Waals surface area contributed by atoms with Crippen molar-refractivity contribution in [3.05, 3.63) is 0 Å². The maximum absolute atomic E-state index is 10.8. The van der Waals surface area contributed by atoms with Gasteiger partial charge in [0.15, 0.2) is 0 Å². The fourth-order valence-corrected chi connectivity index (χ4v) is 2.14. The number of sulfonamides is 1. The fourth-order valence-electron chi connectivity index (χ4n) is 1.33. The number of hydrogen-bond donors (Lipinski definition) is 1. The van der Waals surface area contributed by atoms with Crippen molar-refractivity contribution in [1.29, 1.82) is 0 Å². The SMILES string of the molecule is CC(CC(C)(C)C)NS(C)(=O)=O. The van der Waals surface area contributed by atoms with Crippen molar-refractivity contribution in [3.63, 3.8) is 0 Å². The van der Waals surface area contributed by atoms with E-state index in [2.05, 4.69) is 25.5 Å². The van der Waals surface area contributed by atoms with Gasteiger partial charge in [0.2, 0.25) is 10.0 Å². The first-order valence-electron chi connectivity index (χ1n) is 4.07. The highest BCUT2D eigenvalue weighted by molar-refractivity contribution is 7.88. The van der Waals surface area contributed by atoms with Crippen molar-refractivity contribution in [1.82, 2.24) is 4.72 Å². The van der Waals surface area contributed by atoms with Crippen molar-refractivity contribution in [2.75, 3.05) is 6.26 Å². The molecule has 1 atom stereocenters. The molecule has 0 bridgehead atoms. The molecule has 4 heteroatoms. The molecule has 0 aromatic heterocycles. The topological polar surface area (TPSA) is 46.2 Å². The average Bonchev–Trinajstić information content (AvgIpc) is 1.49.